The molecule has 6 nitrogen and oxygen atoms in total. The first-order chi connectivity index (χ1) is 5.41. The van der Waals surface area contributed by atoms with Gasteiger partial charge in [0.05, 0.1) is 12.2 Å². The number of sulfonamides is 1. The number of hydrogen-bond acceptors (Lipinski definition) is 4. The first-order valence-corrected chi connectivity index (χ1v) is 4.90. The summed E-state index contributed by atoms with van der Waals surface area (Å²) in [4.78, 5) is 1.29. The lowest BCUT2D eigenvalue weighted by Gasteiger charge is -2.00. The average molecular weight is 190 g/mol. The smallest absolute Gasteiger partial charge is 0.223 e. The Balaban J connectivity index is 3.09. The molecule has 0 saturated heterocycles. The van der Waals surface area contributed by atoms with Crippen molar-refractivity contribution in [1.82, 2.24) is 15.0 Å². The summed E-state index contributed by atoms with van der Waals surface area (Å²) in [5.74, 6) is 0. The van der Waals surface area contributed by atoms with Crippen molar-refractivity contribution >= 4 is 10.0 Å². The van der Waals surface area contributed by atoms with Crippen molar-refractivity contribution in [3.05, 3.63) is 6.20 Å². The summed E-state index contributed by atoms with van der Waals surface area (Å²) in [7, 11) is -3.71. The summed E-state index contributed by atoms with van der Waals surface area (Å²) in [6.45, 7) is 3.68. The molecule has 0 aliphatic rings. The summed E-state index contributed by atoms with van der Waals surface area (Å²) in [5.41, 5.74) is 0. The summed E-state index contributed by atoms with van der Waals surface area (Å²) in [5, 5.41) is 12.0. The van der Waals surface area contributed by atoms with Crippen LogP contribution in [0.1, 0.15) is 19.9 Å². The molecular formula is C5H10N4O2S. The summed E-state index contributed by atoms with van der Waals surface area (Å²) in [6, 6.07) is 0.0282. The molecule has 68 valence electrons. The molecule has 2 N–H and O–H groups in total. The highest BCUT2D eigenvalue weighted by atomic mass is 32.2. The molecule has 0 radical (unpaired) electrons. The van der Waals surface area contributed by atoms with E-state index >= 15 is 0 Å². The van der Waals surface area contributed by atoms with Gasteiger partial charge in [-0.1, -0.05) is 0 Å². The van der Waals surface area contributed by atoms with Crippen molar-refractivity contribution < 1.29 is 8.42 Å². The van der Waals surface area contributed by atoms with Crippen molar-refractivity contribution in [3.8, 4) is 0 Å². The van der Waals surface area contributed by atoms with Gasteiger partial charge >= 0.3 is 0 Å². The van der Waals surface area contributed by atoms with Gasteiger partial charge in [-0.05, 0) is 13.8 Å². The summed E-state index contributed by atoms with van der Waals surface area (Å²) >= 11 is 0. The number of rotatable bonds is 2. The van der Waals surface area contributed by atoms with E-state index in [4.69, 9.17) is 5.14 Å². The summed E-state index contributed by atoms with van der Waals surface area (Å²) in [6.07, 6.45) is 1.13. The molecule has 1 aromatic heterocycles. The maximum atomic E-state index is 10.7. The van der Waals surface area contributed by atoms with Crippen molar-refractivity contribution in [2.24, 2.45) is 5.14 Å². The van der Waals surface area contributed by atoms with Crippen molar-refractivity contribution in [2.45, 2.75) is 24.9 Å². The van der Waals surface area contributed by atoms with Crippen LogP contribution in [0.3, 0.4) is 0 Å². The van der Waals surface area contributed by atoms with Gasteiger partial charge in [0.1, 0.15) is 0 Å². The van der Waals surface area contributed by atoms with Crippen LogP contribution in [0.5, 0.6) is 0 Å². The number of aromatic nitrogens is 3. The van der Waals surface area contributed by atoms with E-state index in [1.54, 1.807) is 0 Å². The van der Waals surface area contributed by atoms with Crippen LogP contribution in [0.2, 0.25) is 0 Å². The lowest BCUT2D eigenvalue weighted by molar-refractivity contribution is 0.458. The molecule has 1 rings (SSSR count). The molecule has 1 aromatic rings. The molecule has 0 saturated carbocycles. The lowest BCUT2D eigenvalue weighted by Crippen LogP contribution is -2.14. The van der Waals surface area contributed by atoms with E-state index in [1.807, 2.05) is 13.8 Å². The second-order valence-corrected chi connectivity index (χ2v) is 4.15. The Hall–Kier alpha value is -0.950. The SMILES string of the molecule is CC(C)n1ncc(S(N)(=O)=O)n1. The van der Waals surface area contributed by atoms with Gasteiger partial charge in [-0.2, -0.15) is 9.90 Å². The molecular weight excluding hydrogens is 180 g/mol. The molecule has 0 spiro atoms. The minimum absolute atomic E-state index is 0.0282. The van der Waals surface area contributed by atoms with E-state index < -0.39 is 10.0 Å². The third-order valence-electron chi connectivity index (χ3n) is 1.24. The topological polar surface area (TPSA) is 90.9 Å². The predicted molar refractivity (Wildman–Crippen MR) is 41.8 cm³/mol. The molecule has 0 atom stereocenters. The first-order valence-electron chi connectivity index (χ1n) is 3.36. The quantitative estimate of drug-likeness (QED) is 0.681. The Morgan fingerprint density at radius 1 is 1.58 bits per heavy atom. The van der Waals surface area contributed by atoms with E-state index in [0.717, 1.165) is 6.20 Å². The maximum Gasteiger partial charge on any atom is 0.259 e. The van der Waals surface area contributed by atoms with Gasteiger partial charge in [0.25, 0.3) is 10.0 Å². The molecule has 12 heavy (non-hydrogen) atoms. The zero-order valence-corrected chi connectivity index (χ0v) is 7.61. The Kier molecular flexibility index (Phi) is 2.16. The minimum Gasteiger partial charge on any atom is -0.223 e. The van der Waals surface area contributed by atoms with Crippen LogP contribution in [0, 0.1) is 0 Å². The standard InChI is InChI=1S/C5H10N4O2S/c1-4(2)9-7-3-5(8-9)12(6,10)11/h3-4H,1-2H3,(H2,6,10,11). The molecule has 0 fully saturated rings. The second-order valence-electron chi connectivity index (χ2n) is 2.64. The van der Waals surface area contributed by atoms with Gasteiger partial charge in [0.15, 0.2) is 0 Å². The molecule has 0 aliphatic carbocycles. The molecule has 0 aliphatic heterocycles. The predicted octanol–water partition coefficient (Wildman–Crippen LogP) is -0.494. The molecule has 7 heteroatoms. The van der Waals surface area contributed by atoms with E-state index in [1.165, 1.54) is 4.80 Å². The van der Waals surface area contributed by atoms with Crippen molar-refractivity contribution in [1.29, 1.82) is 0 Å². The van der Waals surface area contributed by atoms with Gasteiger partial charge in [-0.25, -0.2) is 13.6 Å². The van der Waals surface area contributed by atoms with Crippen LogP contribution < -0.4 is 5.14 Å². The Labute approximate surface area is 70.4 Å². The average Bonchev–Trinajstić information content (AvgIpc) is 2.30. The van der Waals surface area contributed by atoms with Crippen LogP contribution in [-0.4, -0.2) is 23.4 Å². The fourth-order valence-corrected chi connectivity index (χ4v) is 1.03. The van der Waals surface area contributed by atoms with Crippen LogP contribution in [0.4, 0.5) is 0 Å². The fourth-order valence-electron chi connectivity index (χ4n) is 0.640. The first kappa shape index (κ1) is 9.14. The van der Waals surface area contributed by atoms with Gasteiger partial charge in [0, 0.05) is 0 Å². The van der Waals surface area contributed by atoms with E-state index in [2.05, 4.69) is 10.2 Å². The molecule has 0 amide bonds. The highest BCUT2D eigenvalue weighted by Crippen LogP contribution is 2.03. The number of nitrogens with zero attached hydrogens (tertiary/aromatic N) is 3. The van der Waals surface area contributed by atoms with Crippen molar-refractivity contribution in [3.63, 3.8) is 0 Å². The normalized spacial score (nSPS) is 12.3. The van der Waals surface area contributed by atoms with Gasteiger partial charge < -0.3 is 0 Å². The summed E-state index contributed by atoms with van der Waals surface area (Å²) < 4.78 is 21.5. The van der Waals surface area contributed by atoms with Crippen molar-refractivity contribution in [2.75, 3.05) is 0 Å². The van der Waals surface area contributed by atoms with E-state index in [-0.39, 0.29) is 11.1 Å². The molecule has 0 bridgehead atoms. The highest BCUT2D eigenvalue weighted by Gasteiger charge is 2.13. The number of nitrogens with two attached hydrogens (primary N) is 1. The van der Waals surface area contributed by atoms with Crippen LogP contribution >= 0.6 is 0 Å². The van der Waals surface area contributed by atoms with E-state index in [9.17, 15) is 8.42 Å². The Morgan fingerprint density at radius 2 is 2.17 bits per heavy atom. The van der Waals surface area contributed by atoms with Gasteiger partial charge in [0.2, 0.25) is 5.03 Å². The zero-order chi connectivity index (χ0) is 9.35. The number of hydrogen-bond donors (Lipinski definition) is 1. The zero-order valence-electron chi connectivity index (χ0n) is 6.80. The van der Waals surface area contributed by atoms with Crippen LogP contribution in [0.15, 0.2) is 11.2 Å². The molecule has 0 aromatic carbocycles. The van der Waals surface area contributed by atoms with E-state index in [0.29, 0.717) is 0 Å². The molecule has 0 unspecified atom stereocenters. The third kappa shape index (κ3) is 1.80. The minimum atomic E-state index is -3.71. The Morgan fingerprint density at radius 3 is 2.42 bits per heavy atom. The van der Waals surface area contributed by atoms with Gasteiger partial charge in [-0.15, -0.1) is 5.10 Å². The second kappa shape index (κ2) is 2.83. The largest absolute Gasteiger partial charge is 0.259 e. The monoisotopic (exact) mass is 190 g/mol. The number of primary sulfonamides is 1. The fraction of sp³-hybridized carbons (Fsp3) is 0.600. The highest BCUT2D eigenvalue weighted by molar-refractivity contribution is 7.89. The van der Waals surface area contributed by atoms with Crippen LogP contribution in [-0.2, 0) is 10.0 Å². The Bertz CT molecular complexity index is 367. The van der Waals surface area contributed by atoms with Crippen LogP contribution in [0.25, 0.3) is 0 Å². The maximum absolute atomic E-state index is 10.7. The third-order valence-corrected chi connectivity index (χ3v) is 2.01. The van der Waals surface area contributed by atoms with Gasteiger partial charge in [-0.3, -0.25) is 0 Å². The lowest BCUT2D eigenvalue weighted by atomic mass is 10.4. The molecule has 1 heterocycles.